The van der Waals surface area contributed by atoms with Crippen molar-refractivity contribution in [2.75, 3.05) is 31.5 Å². The fourth-order valence-electron chi connectivity index (χ4n) is 4.66. The number of carbonyl (C=O) groups is 1. The Morgan fingerprint density at radius 1 is 1.05 bits per heavy atom. The third-order valence-corrected chi connectivity index (χ3v) is 10.7. The number of hydrogen-bond acceptors (Lipinski definition) is 7. The number of sulfonamides is 2. The molecule has 0 radical (unpaired) electrons. The molecule has 0 saturated carbocycles. The minimum atomic E-state index is -3.95. The number of nitrogens with zero attached hydrogens (tertiary/aromatic N) is 2. The first-order valence-corrected chi connectivity index (χ1v) is 16.6. The number of benzene rings is 3. The highest BCUT2D eigenvalue weighted by Crippen LogP contribution is 2.31. The zero-order valence-corrected chi connectivity index (χ0v) is 25.9. The molecule has 3 atom stereocenters. The van der Waals surface area contributed by atoms with Gasteiger partial charge in [-0.2, -0.15) is 4.31 Å². The van der Waals surface area contributed by atoms with Gasteiger partial charge in [0.05, 0.1) is 35.4 Å². The number of anilines is 1. The molecule has 3 aromatic carbocycles. The van der Waals surface area contributed by atoms with Gasteiger partial charge in [-0.1, -0.05) is 36.7 Å². The molecule has 42 heavy (non-hydrogen) atoms. The third kappa shape index (κ3) is 7.24. The summed E-state index contributed by atoms with van der Waals surface area (Å²) in [4.78, 5) is 15.2. The predicted octanol–water partition coefficient (Wildman–Crippen LogP) is 3.61. The molecule has 0 unspecified atom stereocenters. The number of ether oxygens (including phenoxy) is 1. The van der Waals surface area contributed by atoms with E-state index in [1.165, 1.54) is 59.9 Å². The highest BCUT2D eigenvalue weighted by atomic mass is 35.5. The second kappa shape index (κ2) is 13.0. The van der Waals surface area contributed by atoms with Crippen molar-refractivity contribution >= 4 is 43.2 Å². The highest BCUT2D eigenvalue weighted by Gasteiger charge is 2.33. The molecule has 0 fully saturated rings. The SMILES string of the molecule is C[C@H]1CN([C@@H](C)CO)C(=O)Cc2cc(NS(=O)(=O)c3ccc(Cl)cc3)ccc2O[C@H]1CN(C)S(=O)(=O)c1ccccc1. The van der Waals surface area contributed by atoms with E-state index in [9.17, 15) is 26.7 Å². The first kappa shape index (κ1) is 31.8. The molecule has 2 N–H and O–H groups in total. The summed E-state index contributed by atoms with van der Waals surface area (Å²) in [5.74, 6) is -0.277. The average Bonchev–Trinajstić information content (AvgIpc) is 3.00. The summed E-state index contributed by atoms with van der Waals surface area (Å²) in [6.45, 7) is 3.52. The van der Waals surface area contributed by atoms with Crippen molar-refractivity contribution in [1.82, 2.24) is 9.21 Å². The van der Waals surface area contributed by atoms with Crippen molar-refractivity contribution in [3.8, 4) is 5.75 Å². The van der Waals surface area contributed by atoms with E-state index in [1.807, 2.05) is 6.92 Å². The average molecular weight is 636 g/mol. The maximum Gasteiger partial charge on any atom is 0.261 e. The zero-order chi connectivity index (χ0) is 30.7. The van der Waals surface area contributed by atoms with E-state index in [1.54, 1.807) is 36.1 Å². The quantitative estimate of drug-likeness (QED) is 0.367. The van der Waals surface area contributed by atoms with Crippen LogP contribution in [0.25, 0.3) is 0 Å². The molecule has 0 aromatic heterocycles. The molecule has 1 aliphatic heterocycles. The second-order valence-electron chi connectivity index (χ2n) is 10.4. The summed E-state index contributed by atoms with van der Waals surface area (Å²) in [5.41, 5.74) is 0.633. The van der Waals surface area contributed by atoms with Gasteiger partial charge in [0.1, 0.15) is 11.9 Å². The highest BCUT2D eigenvalue weighted by molar-refractivity contribution is 7.92. The van der Waals surface area contributed by atoms with Crippen LogP contribution in [0, 0.1) is 5.92 Å². The Bertz CT molecular complexity index is 1620. The van der Waals surface area contributed by atoms with Crippen molar-refractivity contribution in [3.63, 3.8) is 0 Å². The molecule has 13 heteroatoms. The Morgan fingerprint density at radius 2 is 1.71 bits per heavy atom. The molecular formula is C29H34ClN3O7S2. The molecule has 1 aliphatic rings. The Labute approximate surface area is 252 Å². The molecule has 0 saturated heterocycles. The van der Waals surface area contributed by atoms with Gasteiger partial charge in [0, 0.05) is 35.8 Å². The van der Waals surface area contributed by atoms with Crippen LogP contribution in [-0.2, 0) is 31.3 Å². The first-order valence-electron chi connectivity index (χ1n) is 13.3. The molecule has 1 heterocycles. The van der Waals surface area contributed by atoms with Crippen LogP contribution < -0.4 is 9.46 Å². The minimum absolute atomic E-state index is 0.0156. The monoisotopic (exact) mass is 635 g/mol. The van der Waals surface area contributed by atoms with E-state index in [-0.39, 0.29) is 53.4 Å². The van der Waals surface area contributed by atoms with Gasteiger partial charge in [0.25, 0.3) is 10.0 Å². The minimum Gasteiger partial charge on any atom is -0.488 e. The van der Waals surface area contributed by atoms with Gasteiger partial charge >= 0.3 is 0 Å². The number of aliphatic hydroxyl groups excluding tert-OH is 1. The number of hydrogen-bond donors (Lipinski definition) is 2. The Morgan fingerprint density at radius 3 is 2.36 bits per heavy atom. The van der Waals surface area contributed by atoms with Gasteiger partial charge in [0.2, 0.25) is 15.9 Å². The molecule has 0 spiro atoms. The lowest BCUT2D eigenvalue weighted by molar-refractivity contribution is -0.134. The lowest BCUT2D eigenvalue weighted by Gasteiger charge is -2.33. The van der Waals surface area contributed by atoms with Crippen LogP contribution in [0.4, 0.5) is 5.69 Å². The van der Waals surface area contributed by atoms with Crippen molar-refractivity contribution in [2.45, 2.75) is 42.2 Å². The number of aliphatic hydroxyl groups is 1. The van der Waals surface area contributed by atoms with Crippen LogP contribution in [0.3, 0.4) is 0 Å². The maximum absolute atomic E-state index is 13.5. The van der Waals surface area contributed by atoms with E-state index in [2.05, 4.69) is 4.72 Å². The molecular weight excluding hydrogens is 602 g/mol. The number of amides is 1. The molecule has 0 bridgehead atoms. The maximum atomic E-state index is 13.5. The summed E-state index contributed by atoms with van der Waals surface area (Å²) < 4.78 is 62.6. The largest absolute Gasteiger partial charge is 0.488 e. The number of rotatable bonds is 9. The first-order chi connectivity index (χ1) is 19.8. The fourth-order valence-corrected chi connectivity index (χ4v) is 7.04. The smallest absolute Gasteiger partial charge is 0.261 e. The molecule has 1 amide bonds. The number of carbonyl (C=O) groups excluding carboxylic acids is 1. The van der Waals surface area contributed by atoms with Gasteiger partial charge < -0.3 is 14.7 Å². The van der Waals surface area contributed by atoms with Crippen LogP contribution in [0.5, 0.6) is 5.75 Å². The number of fused-ring (bicyclic) bond motifs is 1. The molecule has 4 rings (SSSR count). The van der Waals surface area contributed by atoms with Gasteiger partial charge in [-0.05, 0) is 61.5 Å². The van der Waals surface area contributed by atoms with Crippen LogP contribution in [0.15, 0.2) is 82.6 Å². The van der Waals surface area contributed by atoms with Gasteiger partial charge in [-0.3, -0.25) is 9.52 Å². The van der Waals surface area contributed by atoms with E-state index >= 15 is 0 Å². The number of halogens is 1. The molecule has 0 aliphatic carbocycles. The summed E-state index contributed by atoms with van der Waals surface area (Å²) >= 11 is 5.89. The van der Waals surface area contributed by atoms with Crippen molar-refractivity contribution in [2.24, 2.45) is 5.92 Å². The van der Waals surface area contributed by atoms with Gasteiger partial charge in [-0.15, -0.1) is 0 Å². The Kier molecular flexibility index (Phi) is 9.84. The van der Waals surface area contributed by atoms with Crippen LogP contribution in [-0.4, -0.2) is 75.9 Å². The topological polar surface area (TPSA) is 133 Å². The fraction of sp³-hybridized carbons (Fsp3) is 0.345. The lowest BCUT2D eigenvalue weighted by Crippen LogP contribution is -2.48. The molecule has 226 valence electrons. The van der Waals surface area contributed by atoms with Crippen molar-refractivity contribution < 1.29 is 31.5 Å². The summed E-state index contributed by atoms with van der Waals surface area (Å²) in [7, 11) is -6.30. The summed E-state index contributed by atoms with van der Waals surface area (Å²) in [6, 6.07) is 17.9. The zero-order valence-electron chi connectivity index (χ0n) is 23.5. The second-order valence-corrected chi connectivity index (χ2v) is 14.5. The van der Waals surface area contributed by atoms with Crippen LogP contribution in [0.1, 0.15) is 19.4 Å². The van der Waals surface area contributed by atoms with Gasteiger partial charge in [0.15, 0.2) is 0 Å². The number of likely N-dealkylation sites (N-methyl/N-ethyl adjacent to an activating group) is 1. The van der Waals surface area contributed by atoms with E-state index in [0.717, 1.165) is 0 Å². The lowest BCUT2D eigenvalue weighted by atomic mass is 10.0. The van der Waals surface area contributed by atoms with Crippen LogP contribution >= 0.6 is 11.6 Å². The van der Waals surface area contributed by atoms with E-state index in [4.69, 9.17) is 16.3 Å². The molecule has 3 aromatic rings. The van der Waals surface area contributed by atoms with Gasteiger partial charge in [-0.25, -0.2) is 16.8 Å². The predicted molar refractivity (Wildman–Crippen MR) is 161 cm³/mol. The van der Waals surface area contributed by atoms with E-state index in [0.29, 0.717) is 16.3 Å². The standard InChI is InChI=1S/C29H34ClN3O7S2/c1-20-17-33(21(2)19-34)29(35)16-22-15-24(31-41(36,37)25-12-9-23(30)10-13-25)11-14-27(22)40-28(20)18-32(3)42(38,39)26-7-5-4-6-8-26/h4-15,20-21,28,31,34H,16-19H2,1-3H3/t20-,21-,28-/m0/s1. The Hall–Kier alpha value is -3.16. The summed E-state index contributed by atoms with van der Waals surface area (Å²) in [5, 5.41) is 10.3. The third-order valence-electron chi connectivity index (χ3n) is 7.18. The summed E-state index contributed by atoms with van der Waals surface area (Å²) in [6.07, 6.45) is -0.795. The van der Waals surface area contributed by atoms with Crippen molar-refractivity contribution in [1.29, 1.82) is 0 Å². The number of nitrogens with one attached hydrogen (secondary N) is 1. The Balaban J connectivity index is 1.68. The van der Waals surface area contributed by atoms with Crippen LogP contribution in [0.2, 0.25) is 5.02 Å². The molecule has 10 nitrogen and oxygen atoms in total. The van der Waals surface area contributed by atoms with Crippen molar-refractivity contribution in [3.05, 3.63) is 83.4 Å². The van der Waals surface area contributed by atoms with E-state index < -0.39 is 32.2 Å². The normalized spacial score (nSPS) is 18.8.